The predicted molar refractivity (Wildman–Crippen MR) is 252 cm³/mol. The summed E-state index contributed by atoms with van der Waals surface area (Å²) in [5, 5.41) is 2.96. The molecule has 1 fully saturated rings. The number of carbonyl (C=O) groups excluding carboxylic acids is 1. The van der Waals surface area contributed by atoms with Crippen molar-refractivity contribution in [1.29, 1.82) is 0 Å². The van der Waals surface area contributed by atoms with E-state index in [4.69, 9.17) is 18.0 Å². The van der Waals surface area contributed by atoms with E-state index in [1.54, 1.807) is 0 Å². The summed E-state index contributed by atoms with van der Waals surface area (Å²) in [7, 11) is -2.73. The zero-order chi connectivity index (χ0) is 43.6. The molecule has 6 rings (SSSR count). The van der Waals surface area contributed by atoms with Crippen LogP contribution in [0, 0.1) is 5.92 Å². The van der Waals surface area contributed by atoms with Crippen LogP contribution in [0.5, 0.6) is 0 Å². The summed E-state index contributed by atoms with van der Waals surface area (Å²) in [6.45, 7) is 26.7. The van der Waals surface area contributed by atoms with Crippen LogP contribution < -0.4 is 10.2 Å². The van der Waals surface area contributed by atoms with Crippen molar-refractivity contribution in [2.24, 2.45) is 5.92 Å². The molecule has 4 aliphatic rings. The fraction of sp³-hybridized carbons (Fsp3) is 0.608. The first-order valence-electron chi connectivity index (χ1n) is 23.7. The Hall–Kier alpha value is -3.70. The summed E-state index contributed by atoms with van der Waals surface area (Å²) >= 11 is 0. The molecule has 1 amide bonds. The number of nitrogens with zero attached hydrogens (tertiary/aromatic N) is 3. The number of para-hydroxylation sites is 2. The maximum absolute atomic E-state index is 12.8. The van der Waals surface area contributed by atoms with Crippen LogP contribution in [0.2, 0.25) is 6.04 Å². The number of alkyl carbamates (subject to hydrolysis) is 1. The van der Waals surface area contributed by atoms with E-state index in [9.17, 15) is 4.79 Å². The molecule has 9 nitrogen and oxygen atoms in total. The van der Waals surface area contributed by atoms with E-state index in [0.717, 1.165) is 71.1 Å². The molecule has 1 atom stereocenters. The minimum Gasteiger partial charge on any atom is -0.449 e. The highest BCUT2D eigenvalue weighted by Crippen LogP contribution is 2.47. The molecule has 3 heterocycles. The summed E-state index contributed by atoms with van der Waals surface area (Å²) < 4.78 is 26.3. The number of likely N-dealkylation sites (tertiary alicyclic amines) is 1. The monoisotopic (exact) mass is 854 g/mol. The van der Waals surface area contributed by atoms with E-state index in [1.165, 1.54) is 45.1 Å². The van der Waals surface area contributed by atoms with Gasteiger partial charge in [0.2, 0.25) is 5.69 Å². The average Bonchev–Trinajstić information content (AvgIpc) is 3.82. The molecular weight excluding hydrogens is 777 g/mol. The molecule has 2 aromatic rings. The van der Waals surface area contributed by atoms with Gasteiger partial charge in [0.1, 0.15) is 6.54 Å². The van der Waals surface area contributed by atoms with Gasteiger partial charge in [-0.15, -0.1) is 0 Å². The topological polar surface area (TPSA) is 75.5 Å². The smallest absolute Gasteiger partial charge is 0.449 e. The first-order valence-corrected chi connectivity index (χ1v) is 25.7. The Morgan fingerprint density at radius 3 is 2.21 bits per heavy atom. The van der Waals surface area contributed by atoms with Gasteiger partial charge >= 0.3 is 14.9 Å². The fourth-order valence-corrected chi connectivity index (χ4v) is 13.1. The fourth-order valence-electron chi connectivity index (χ4n) is 10.5. The number of nitrogens with one attached hydrogen (secondary N) is 1. The average molecular weight is 854 g/mol. The van der Waals surface area contributed by atoms with Crippen molar-refractivity contribution >= 4 is 32.0 Å². The minimum absolute atomic E-state index is 0.0594. The van der Waals surface area contributed by atoms with E-state index in [0.29, 0.717) is 57.4 Å². The van der Waals surface area contributed by atoms with E-state index >= 15 is 0 Å². The maximum Gasteiger partial charge on any atom is 0.500 e. The molecule has 2 aromatic carbocycles. The van der Waals surface area contributed by atoms with Crippen molar-refractivity contribution in [2.75, 3.05) is 64.1 Å². The predicted octanol–water partition coefficient (Wildman–Crippen LogP) is 10.8. The van der Waals surface area contributed by atoms with Gasteiger partial charge in [-0.05, 0) is 108 Å². The van der Waals surface area contributed by atoms with Crippen LogP contribution in [-0.2, 0) is 28.8 Å². The molecule has 3 aliphatic heterocycles. The minimum atomic E-state index is -2.73. The van der Waals surface area contributed by atoms with Gasteiger partial charge in [-0.2, -0.15) is 4.58 Å². The summed E-state index contributed by atoms with van der Waals surface area (Å²) in [5.41, 5.74) is 11.4. The lowest BCUT2D eigenvalue weighted by atomic mass is 9.79. The quantitative estimate of drug-likeness (QED) is 0.0761. The third-order valence-corrected chi connectivity index (χ3v) is 16.7. The molecule has 0 saturated carbocycles. The van der Waals surface area contributed by atoms with Gasteiger partial charge in [0.15, 0.2) is 5.71 Å². The zero-order valence-corrected chi connectivity index (χ0v) is 40.1. The lowest BCUT2D eigenvalue weighted by molar-refractivity contribution is -0.437. The number of benzene rings is 2. The van der Waals surface area contributed by atoms with Crippen molar-refractivity contribution in [2.45, 2.75) is 137 Å². The molecule has 1 aliphatic carbocycles. The van der Waals surface area contributed by atoms with Gasteiger partial charge in [-0.25, -0.2) is 4.79 Å². The maximum atomic E-state index is 12.8. The number of amides is 1. The molecule has 1 unspecified atom stereocenters. The zero-order valence-electron chi connectivity index (χ0n) is 39.1. The van der Waals surface area contributed by atoms with Crippen LogP contribution >= 0.6 is 0 Å². The molecule has 0 radical (unpaired) electrons. The lowest BCUT2D eigenvalue weighted by Crippen LogP contribution is -2.46. The van der Waals surface area contributed by atoms with E-state index in [1.807, 2.05) is 20.8 Å². The number of hydrogen-bond donors (Lipinski definition) is 1. The first-order chi connectivity index (χ1) is 29.4. The number of rotatable bonds is 21. The van der Waals surface area contributed by atoms with Crippen molar-refractivity contribution < 1.29 is 27.4 Å². The Morgan fingerprint density at radius 2 is 1.54 bits per heavy atom. The number of ether oxygens (including phenoxy) is 1. The van der Waals surface area contributed by atoms with Crippen molar-refractivity contribution in [3.05, 3.63) is 94.7 Å². The molecule has 0 aromatic heterocycles. The van der Waals surface area contributed by atoms with Crippen LogP contribution in [0.3, 0.4) is 0 Å². The molecule has 1 N–H and O–H groups in total. The van der Waals surface area contributed by atoms with Gasteiger partial charge in [-0.3, -0.25) is 0 Å². The molecule has 61 heavy (non-hydrogen) atoms. The van der Waals surface area contributed by atoms with Crippen LogP contribution in [0.15, 0.2) is 83.6 Å². The first kappa shape index (κ1) is 46.8. The number of anilines is 1. The molecular formula is C51H77N4O5Si+. The largest absolute Gasteiger partial charge is 0.500 e. The molecule has 334 valence electrons. The van der Waals surface area contributed by atoms with Gasteiger partial charge in [0.05, 0.1) is 12.0 Å². The molecule has 0 spiro atoms. The third-order valence-electron chi connectivity index (χ3n) is 13.5. The molecule has 1 saturated heterocycles. The molecule has 10 heteroatoms. The highest BCUT2D eigenvalue weighted by Gasteiger charge is 2.45. The third kappa shape index (κ3) is 10.4. The Morgan fingerprint density at radius 1 is 0.869 bits per heavy atom. The Balaban J connectivity index is 1.17. The number of allylic oxidation sites excluding steroid dienone is 4. The highest BCUT2D eigenvalue weighted by atomic mass is 28.4. The Bertz CT molecular complexity index is 1910. The van der Waals surface area contributed by atoms with E-state index < -0.39 is 8.80 Å². The number of hydrogen-bond acceptors (Lipinski definition) is 7. The second-order valence-electron chi connectivity index (χ2n) is 18.3. The normalized spacial score (nSPS) is 20.7. The Kier molecular flexibility index (Phi) is 16.2. The number of piperidine rings is 1. The Labute approximate surface area is 369 Å². The summed E-state index contributed by atoms with van der Waals surface area (Å²) in [6.07, 6.45) is 15.2. The second-order valence-corrected chi connectivity index (χ2v) is 21.1. The van der Waals surface area contributed by atoms with Crippen molar-refractivity contribution in [3.63, 3.8) is 0 Å². The van der Waals surface area contributed by atoms with Crippen LogP contribution in [-0.4, -0.2) is 95.3 Å². The number of carbonyl (C=O) groups is 1. The highest BCUT2D eigenvalue weighted by molar-refractivity contribution is 6.60. The van der Waals surface area contributed by atoms with Crippen molar-refractivity contribution in [1.82, 2.24) is 10.2 Å². The summed E-state index contributed by atoms with van der Waals surface area (Å²) in [6, 6.07) is 19.1. The second kappa shape index (κ2) is 21.1. The number of fused-ring (bicyclic) bond motifs is 2. The van der Waals surface area contributed by atoms with Gasteiger partial charge in [0, 0.05) is 99.0 Å². The van der Waals surface area contributed by atoms with Gasteiger partial charge in [-0.1, -0.05) is 76.2 Å². The van der Waals surface area contributed by atoms with Crippen LogP contribution in [0.25, 0.3) is 0 Å². The van der Waals surface area contributed by atoms with Gasteiger partial charge in [0.25, 0.3) is 0 Å². The SMILES string of the molecule is CCCN1c2ccccc2C(C)(C)C1C/C=C1\CCC(/C=C/C2=[N+](CCC)c3ccccc3C2(C)C)=C1N1CCC(COC(=O)NCCC[Si](OCC)(OCC)OCC)CC1. The molecule has 0 bridgehead atoms. The standard InChI is InChI=1S/C51H76N4O5Si/c1-10-33-54-44-22-17-15-20-42(44)50(6,7)46(54)28-26-40-24-25-41(27-29-47-51(8,9)43-21-16-18-23-45(43)55(47)34-11-2)48(40)53-35-30-39(31-36-53)38-57-49(56)52-32-19-37-61(58-12-3,59-13-4)60-14-5/h15-18,20-23,26-28,39,47H,10-14,19,24-25,29-38H2,1-9H3/p+1/b41-27+. The lowest BCUT2D eigenvalue weighted by Gasteiger charge is -2.36. The van der Waals surface area contributed by atoms with Crippen molar-refractivity contribution in [3.8, 4) is 0 Å². The summed E-state index contributed by atoms with van der Waals surface area (Å²) in [4.78, 5) is 18.2. The van der Waals surface area contributed by atoms with E-state index in [-0.39, 0.29) is 16.9 Å². The van der Waals surface area contributed by atoms with Crippen LogP contribution in [0.1, 0.15) is 125 Å². The van der Waals surface area contributed by atoms with E-state index in [2.05, 4.69) is 128 Å². The van der Waals surface area contributed by atoms with Crippen LogP contribution in [0.4, 0.5) is 16.2 Å². The summed E-state index contributed by atoms with van der Waals surface area (Å²) in [5.74, 6) is 0.334. The van der Waals surface area contributed by atoms with Gasteiger partial charge < -0.3 is 33.1 Å².